The van der Waals surface area contributed by atoms with Gasteiger partial charge in [0.05, 0.1) is 31.1 Å². The largest absolute Gasteiger partial charge is 0.355 e. The highest BCUT2D eigenvalue weighted by Gasteiger charge is 2.36. The molecule has 1 aromatic heterocycles. The zero-order valence-electron chi connectivity index (χ0n) is 37.0. The summed E-state index contributed by atoms with van der Waals surface area (Å²) in [7, 11) is 0. The average Bonchev–Trinajstić information content (AvgIpc) is 3.92. The lowest BCUT2D eigenvalue weighted by atomic mass is 9.91. The Bertz CT molecular complexity index is 2380. The van der Waals surface area contributed by atoms with Crippen LogP contribution >= 0.6 is 24.2 Å². The molecular weight excluding hydrogens is 882 g/mol. The van der Waals surface area contributed by atoms with Crippen LogP contribution in [-0.2, 0) is 40.4 Å². The van der Waals surface area contributed by atoms with Crippen LogP contribution in [0.25, 0.3) is 0 Å². The number of aromatic nitrogens is 2. The summed E-state index contributed by atoms with van der Waals surface area (Å²) in [6.07, 6.45) is 6.93. The maximum atomic E-state index is 13.5. The van der Waals surface area contributed by atoms with Crippen LogP contribution in [-0.4, -0.2) is 132 Å². The van der Waals surface area contributed by atoms with Crippen molar-refractivity contribution in [3.63, 3.8) is 0 Å². The topological polar surface area (TPSA) is 207 Å². The molecule has 3 amide bonds. The number of carbonyl (C=O) groups excluding carboxylic acids is 3. The minimum atomic E-state index is -0.629. The number of nitrogens with two attached hydrogens (primary N) is 1. The predicted molar refractivity (Wildman–Crippen MR) is 251 cm³/mol. The monoisotopic (exact) mass is 939 g/mol. The zero-order valence-corrected chi connectivity index (χ0v) is 38.6. The van der Waals surface area contributed by atoms with E-state index in [1.165, 1.54) is 22.9 Å². The van der Waals surface area contributed by atoms with Crippen molar-refractivity contribution in [2.75, 3.05) is 69.3 Å². The molecule has 6 aliphatic rings. The fraction of sp³-hybridized carbons (Fsp3) is 0.457. The first-order valence-corrected chi connectivity index (χ1v) is 23.4. The van der Waals surface area contributed by atoms with Crippen LogP contribution in [0.5, 0.6) is 0 Å². The lowest BCUT2D eigenvalue weighted by molar-refractivity contribution is -0.281. The van der Waals surface area contributed by atoms with Crippen LogP contribution < -0.4 is 42.9 Å². The van der Waals surface area contributed by atoms with E-state index in [2.05, 4.69) is 76.0 Å². The molecule has 4 saturated heterocycles. The molecule has 10 rings (SSSR count). The third-order valence-electron chi connectivity index (χ3n) is 13.6. The first-order chi connectivity index (χ1) is 31.6. The number of rotatable bonds is 11. The third-order valence-corrected chi connectivity index (χ3v) is 14.5. The molecule has 6 heterocycles. The first-order valence-electron chi connectivity index (χ1n) is 22.6. The van der Waals surface area contributed by atoms with Gasteiger partial charge in [-0.2, -0.15) is 0 Å². The zero-order chi connectivity index (χ0) is 44.5. The molecule has 8 N–H and O–H groups in total. The van der Waals surface area contributed by atoms with Gasteiger partial charge in [-0.15, -0.1) is 12.4 Å². The number of hydrogen-bond acceptors (Lipinski definition) is 16. The summed E-state index contributed by atoms with van der Waals surface area (Å²) in [6, 6.07) is 19.7. The van der Waals surface area contributed by atoms with Gasteiger partial charge in [0.25, 0.3) is 11.8 Å². The van der Waals surface area contributed by atoms with Crippen molar-refractivity contribution in [3.05, 3.63) is 106 Å². The highest BCUT2D eigenvalue weighted by molar-refractivity contribution is 7.99. The molecule has 1 aliphatic carbocycles. The number of nitrogens with one attached hydrogen (secondary N) is 6. The molecule has 66 heavy (non-hydrogen) atoms. The number of fused-ring (bicyclic) bond motifs is 2. The van der Waals surface area contributed by atoms with Gasteiger partial charge in [0.15, 0.2) is 0 Å². The fourth-order valence-electron chi connectivity index (χ4n) is 9.68. The molecule has 0 spiro atoms. The molecule has 4 atom stereocenters. The van der Waals surface area contributed by atoms with Crippen LogP contribution in [0.15, 0.2) is 83.0 Å². The molecule has 4 unspecified atom stereocenters. The Morgan fingerprint density at radius 2 is 1.71 bits per heavy atom. The van der Waals surface area contributed by atoms with E-state index in [4.69, 9.17) is 15.4 Å². The number of carbonyl (C=O) groups is 3. The number of amides is 3. The first kappa shape index (κ1) is 46.3. The number of nitrogens with zero attached hydrogens (tertiary/aromatic N) is 6. The summed E-state index contributed by atoms with van der Waals surface area (Å²) in [5, 5.41) is 17.0. The second kappa shape index (κ2) is 20.2. The van der Waals surface area contributed by atoms with Gasteiger partial charge in [-0.05, 0) is 91.3 Å². The van der Waals surface area contributed by atoms with Crippen molar-refractivity contribution in [1.82, 2.24) is 51.6 Å². The van der Waals surface area contributed by atoms with E-state index >= 15 is 0 Å². The molecule has 4 aromatic rings. The van der Waals surface area contributed by atoms with Crippen molar-refractivity contribution in [3.8, 4) is 0 Å². The van der Waals surface area contributed by atoms with Crippen LogP contribution in [0.4, 0.5) is 11.5 Å². The Balaban J connectivity index is 0.00000548. The van der Waals surface area contributed by atoms with Crippen LogP contribution in [0.1, 0.15) is 62.7 Å². The van der Waals surface area contributed by atoms with Crippen molar-refractivity contribution in [2.45, 2.75) is 85.8 Å². The summed E-state index contributed by atoms with van der Waals surface area (Å²) >= 11 is 1.52. The van der Waals surface area contributed by atoms with Crippen LogP contribution in [0.2, 0.25) is 0 Å². The van der Waals surface area contributed by atoms with Gasteiger partial charge in [-0.1, -0.05) is 41.7 Å². The Kier molecular flexibility index (Phi) is 14.2. The van der Waals surface area contributed by atoms with Gasteiger partial charge in [0.2, 0.25) is 12.3 Å². The highest BCUT2D eigenvalue weighted by atomic mass is 35.5. The fourth-order valence-corrected chi connectivity index (χ4v) is 10.5. The van der Waals surface area contributed by atoms with E-state index in [1.54, 1.807) is 4.90 Å². The normalized spacial score (nSPS) is 24.3. The van der Waals surface area contributed by atoms with Gasteiger partial charge in [0.1, 0.15) is 17.6 Å². The number of piperazine rings is 2. The SMILES string of the molecule is CC1(N)CCN(c2cnc(Sc3cccc(NC(=O)c4ccc5c(c4)CC(N4CCN(C6CNC(C(=O)NCc7ccc8c(c7)CN(C7NCONO7)C8=O)CN6)CC4)C5)c3)cn2)CC1.Cl. The number of halogens is 1. The van der Waals surface area contributed by atoms with Crippen molar-refractivity contribution >= 4 is 53.4 Å². The molecular formula is C46H58ClN13O5S. The molecule has 0 bridgehead atoms. The molecule has 5 aliphatic heterocycles. The third kappa shape index (κ3) is 10.5. The second-order valence-corrected chi connectivity index (χ2v) is 19.2. The van der Waals surface area contributed by atoms with Gasteiger partial charge in [0, 0.05) is 92.2 Å². The molecule has 20 heteroatoms. The predicted octanol–water partition coefficient (Wildman–Crippen LogP) is 2.16. The standard InChI is InChI=1S/C46H57N13O5S.ClH/c1-46(47)9-11-57(12-10-46)40-25-51-41(26-50-40)65-36-4-2-3-34(21-36)54-42(60)31-7-6-30-19-35(20-32(30)18-31)56-13-15-58(16-14-56)39-24-48-38(23-49-39)43(61)52-22-29-5-8-37-33(17-29)27-59(44(37)62)45-53-28-63-55-64-45;/h2-8,17-18,21,25-26,35,38-39,45,48-49,53,55H,9-16,19-20,22-24,27-28,47H2,1H3,(H,52,61)(H,54,60);1H. The van der Waals surface area contributed by atoms with E-state index < -0.39 is 6.35 Å². The summed E-state index contributed by atoms with van der Waals surface area (Å²) in [5.41, 5.74) is 14.9. The van der Waals surface area contributed by atoms with Crippen LogP contribution in [0.3, 0.4) is 0 Å². The van der Waals surface area contributed by atoms with Gasteiger partial charge in [-0.25, -0.2) is 20.1 Å². The van der Waals surface area contributed by atoms with E-state index in [9.17, 15) is 14.4 Å². The Hall–Kier alpha value is -4.77. The van der Waals surface area contributed by atoms with Gasteiger partial charge >= 0.3 is 0 Å². The molecule has 350 valence electrons. The van der Waals surface area contributed by atoms with E-state index in [0.717, 1.165) is 97.5 Å². The molecule has 0 saturated carbocycles. The highest BCUT2D eigenvalue weighted by Crippen LogP contribution is 2.31. The molecule has 4 fully saturated rings. The maximum absolute atomic E-state index is 13.5. The molecule has 18 nitrogen and oxygen atoms in total. The number of hydrogen-bond donors (Lipinski definition) is 7. The molecule has 0 radical (unpaired) electrons. The van der Waals surface area contributed by atoms with E-state index in [0.29, 0.717) is 43.3 Å². The van der Waals surface area contributed by atoms with Gasteiger partial charge < -0.3 is 26.6 Å². The van der Waals surface area contributed by atoms with E-state index in [-0.39, 0.29) is 54.6 Å². The summed E-state index contributed by atoms with van der Waals surface area (Å²) in [4.78, 5) is 69.0. The second-order valence-electron chi connectivity index (χ2n) is 18.1. The average molecular weight is 941 g/mol. The summed E-state index contributed by atoms with van der Waals surface area (Å²) in [5.74, 6) is 0.571. The number of benzene rings is 3. The molecule has 3 aromatic carbocycles. The van der Waals surface area contributed by atoms with E-state index in [1.807, 2.05) is 60.9 Å². The Morgan fingerprint density at radius 1 is 0.894 bits per heavy atom. The lowest BCUT2D eigenvalue weighted by Gasteiger charge is -2.44. The van der Waals surface area contributed by atoms with Gasteiger partial charge in [-0.3, -0.25) is 39.2 Å². The van der Waals surface area contributed by atoms with Crippen molar-refractivity contribution in [2.24, 2.45) is 5.73 Å². The van der Waals surface area contributed by atoms with Crippen molar-refractivity contribution in [1.29, 1.82) is 0 Å². The minimum Gasteiger partial charge on any atom is -0.355 e. The summed E-state index contributed by atoms with van der Waals surface area (Å²) < 4.78 is 0. The quantitative estimate of drug-likeness (QED) is 0.115. The number of anilines is 2. The summed E-state index contributed by atoms with van der Waals surface area (Å²) in [6.45, 7) is 9.85. The van der Waals surface area contributed by atoms with Crippen LogP contribution in [0, 0.1) is 0 Å². The number of piperidine rings is 1. The smallest absolute Gasteiger partial charge is 0.257 e. The maximum Gasteiger partial charge on any atom is 0.257 e. The minimum absolute atomic E-state index is 0. The Morgan fingerprint density at radius 3 is 2.47 bits per heavy atom. The lowest BCUT2D eigenvalue weighted by Crippen LogP contribution is -2.66. The Labute approximate surface area is 394 Å². The van der Waals surface area contributed by atoms with Crippen molar-refractivity contribution < 1.29 is 24.1 Å².